The number of carbonyl (C=O) groups excluding carboxylic acids is 1. The van der Waals surface area contributed by atoms with E-state index in [0.717, 1.165) is 18.4 Å². The minimum Gasteiger partial charge on any atom is -0.346 e. The average molecular weight is 262 g/mol. The van der Waals surface area contributed by atoms with Gasteiger partial charge in [0.15, 0.2) is 0 Å². The van der Waals surface area contributed by atoms with Crippen molar-refractivity contribution in [3.8, 4) is 0 Å². The minimum atomic E-state index is -0.580. The summed E-state index contributed by atoms with van der Waals surface area (Å²) in [6, 6.07) is -0.329. The molecule has 1 saturated carbocycles. The summed E-state index contributed by atoms with van der Waals surface area (Å²) in [4.78, 5) is 15.7. The highest BCUT2D eigenvalue weighted by Gasteiger charge is 2.27. The van der Waals surface area contributed by atoms with Gasteiger partial charge < -0.3 is 15.6 Å². The van der Waals surface area contributed by atoms with E-state index in [0.29, 0.717) is 0 Å². The number of nitrogens with one attached hydrogen (secondary N) is 1. The van der Waals surface area contributed by atoms with Crippen LogP contribution in [0.5, 0.6) is 0 Å². The van der Waals surface area contributed by atoms with Gasteiger partial charge in [-0.1, -0.05) is 5.16 Å². The molecule has 8 nitrogen and oxygen atoms in total. The van der Waals surface area contributed by atoms with Crippen LogP contribution in [0.2, 0.25) is 0 Å². The Morgan fingerprint density at radius 3 is 3.05 bits per heavy atom. The first-order chi connectivity index (χ1) is 9.13. The molecule has 1 unspecified atom stereocenters. The highest BCUT2D eigenvalue weighted by Crippen LogP contribution is 2.20. The molecule has 0 bridgehead atoms. The molecule has 100 valence electrons. The minimum absolute atomic E-state index is 0.0150. The predicted octanol–water partition coefficient (Wildman–Crippen LogP) is -0.257. The van der Waals surface area contributed by atoms with Crippen LogP contribution in [-0.4, -0.2) is 31.9 Å². The normalized spacial score (nSPS) is 16.3. The molecule has 0 spiro atoms. The lowest BCUT2D eigenvalue weighted by atomic mass is 10.2. The van der Waals surface area contributed by atoms with Crippen molar-refractivity contribution in [3.05, 3.63) is 29.7 Å². The molecule has 3 rings (SSSR count). The number of aromatic nitrogens is 4. The molecule has 0 aromatic carbocycles. The van der Waals surface area contributed by atoms with Gasteiger partial charge in [-0.25, -0.2) is 0 Å². The Labute approximate surface area is 109 Å². The van der Waals surface area contributed by atoms with Gasteiger partial charge >= 0.3 is 0 Å². The average Bonchev–Trinajstić information content (AvgIpc) is 2.92. The smallest absolute Gasteiger partial charge is 0.292 e. The third-order valence-corrected chi connectivity index (χ3v) is 2.91. The van der Waals surface area contributed by atoms with Gasteiger partial charge in [0.2, 0.25) is 5.89 Å². The van der Waals surface area contributed by atoms with Gasteiger partial charge in [-0.2, -0.15) is 10.1 Å². The number of hydrogen-bond donors (Lipinski definition) is 2. The van der Waals surface area contributed by atoms with Crippen LogP contribution in [0, 0.1) is 0 Å². The first-order valence-corrected chi connectivity index (χ1v) is 6.02. The molecule has 0 radical (unpaired) electrons. The Balaban J connectivity index is 1.74. The Morgan fingerprint density at radius 2 is 2.42 bits per heavy atom. The van der Waals surface area contributed by atoms with E-state index in [1.807, 2.05) is 0 Å². The summed E-state index contributed by atoms with van der Waals surface area (Å²) >= 11 is 0. The third-order valence-electron chi connectivity index (χ3n) is 2.91. The molecule has 1 fully saturated rings. The Hall–Kier alpha value is -2.22. The van der Waals surface area contributed by atoms with Crippen LogP contribution in [0.3, 0.4) is 0 Å². The molecule has 1 atom stereocenters. The molecule has 1 amide bonds. The van der Waals surface area contributed by atoms with Crippen molar-refractivity contribution >= 4 is 5.91 Å². The zero-order valence-electron chi connectivity index (χ0n) is 10.4. The number of rotatable bonds is 4. The van der Waals surface area contributed by atoms with Crippen molar-refractivity contribution in [3.63, 3.8) is 0 Å². The van der Waals surface area contributed by atoms with E-state index >= 15 is 0 Å². The van der Waals surface area contributed by atoms with Crippen LogP contribution < -0.4 is 11.1 Å². The van der Waals surface area contributed by atoms with Gasteiger partial charge in [0.25, 0.3) is 11.7 Å². The van der Waals surface area contributed by atoms with Crippen molar-refractivity contribution in [2.45, 2.75) is 24.9 Å². The Kier molecular flexibility index (Phi) is 2.79. The molecule has 0 aliphatic heterocycles. The van der Waals surface area contributed by atoms with Crippen LogP contribution in [0.4, 0.5) is 0 Å². The number of amides is 1. The standard InChI is InChI=1S/C11H14N6O2/c1-17-5-6(4-13-17)8(12)11-15-9(16-19-11)10(18)14-7-2-3-7/h4-5,7-8H,2-3,12H2,1H3,(H,14,18). The lowest BCUT2D eigenvalue weighted by Gasteiger charge is -2.01. The van der Waals surface area contributed by atoms with Crippen LogP contribution in [0.25, 0.3) is 0 Å². The van der Waals surface area contributed by atoms with Crippen molar-refractivity contribution in [2.75, 3.05) is 0 Å². The van der Waals surface area contributed by atoms with E-state index in [1.54, 1.807) is 24.1 Å². The number of nitrogens with two attached hydrogens (primary N) is 1. The maximum Gasteiger partial charge on any atom is 0.292 e. The molecule has 0 saturated heterocycles. The third kappa shape index (κ3) is 2.48. The van der Waals surface area contributed by atoms with Crippen LogP contribution in [0.1, 0.15) is 41.0 Å². The van der Waals surface area contributed by atoms with Gasteiger partial charge in [-0.3, -0.25) is 9.48 Å². The lowest BCUT2D eigenvalue weighted by Crippen LogP contribution is -2.26. The summed E-state index contributed by atoms with van der Waals surface area (Å²) < 4.78 is 6.66. The SMILES string of the molecule is Cn1cc(C(N)c2nc(C(=O)NC3CC3)no2)cn1. The molecule has 3 N–H and O–H groups in total. The van der Waals surface area contributed by atoms with Gasteiger partial charge in [0, 0.05) is 24.8 Å². The first-order valence-electron chi connectivity index (χ1n) is 6.02. The Morgan fingerprint density at radius 1 is 1.63 bits per heavy atom. The van der Waals surface area contributed by atoms with Crippen LogP contribution >= 0.6 is 0 Å². The van der Waals surface area contributed by atoms with Crippen LogP contribution in [-0.2, 0) is 7.05 Å². The fraction of sp³-hybridized carbons (Fsp3) is 0.455. The summed E-state index contributed by atoms with van der Waals surface area (Å²) in [5.74, 6) is -0.105. The molecule has 2 aromatic rings. The quantitative estimate of drug-likeness (QED) is 0.785. The Bertz CT molecular complexity index is 600. The number of nitrogens with zero attached hydrogens (tertiary/aromatic N) is 4. The van der Waals surface area contributed by atoms with Crippen molar-refractivity contribution < 1.29 is 9.32 Å². The molecule has 1 aliphatic rings. The lowest BCUT2D eigenvalue weighted by molar-refractivity contribution is 0.0937. The van der Waals surface area contributed by atoms with Gasteiger partial charge in [0.1, 0.15) is 6.04 Å². The second-order valence-corrected chi connectivity index (χ2v) is 4.63. The molecule has 2 heterocycles. The summed E-state index contributed by atoms with van der Waals surface area (Å²) in [6.45, 7) is 0. The summed E-state index contributed by atoms with van der Waals surface area (Å²) in [5, 5.41) is 10.5. The second-order valence-electron chi connectivity index (χ2n) is 4.63. The fourth-order valence-electron chi connectivity index (χ4n) is 1.67. The zero-order chi connectivity index (χ0) is 13.4. The molecule has 19 heavy (non-hydrogen) atoms. The largest absolute Gasteiger partial charge is 0.346 e. The fourth-order valence-corrected chi connectivity index (χ4v) is 1.67. The van der Waals surface area contributed by atoms with E-state index < -0.39 is 6.04 Å². The molecule has 1 aliphatic carbocycles. The molecule has 2 aromatic heterocycles. The van der Waals surface area contributed by atoms with E-state index in [2.05, 4.69) is 20.6 Å². The summed E-state index contributed by atoms with van der Waals surface area (Å²) in [6.07, 6.45) is 5.40. The maximum atomic E-state index is 11.7. The van der Waals surface area contributed by atoms with Crippen molar-refractivity contribution in [1.29, 1.82) is 0 Å². The van der Waals surface area contributed by atoms with Crippen molar-refractivity contribution in [1.82, 2.24) is 25.2 Å². The topological polar surface area (TPSA) is 112 Å². The van der Waals surface area contributed by atoms with Gasteiger partial charge in [-0.05, 0) is 12.8 Å². The first kappa shape index (κ1) is 11.8. The molecular weight excluding hydrogens is 248 g/mol. The van der Waals surface area contributed by atoms with E-state index in [1.165, 1.54) is 0 Å². The monoisotopic (exact) mass is 262 g/mol. The molecule has 8 heteroatoms. The van der Waals surface area contributed by atoms with E-state index in [9.17, 15) is 4.79 Å². The van der Waals surface area contributed by atoms with Gasteiger partial charge in [-0.15, -0.1) is 0 Å². The highest BCUT2D eigenvalue weighted by atomic mass is 16.5. The van der Waals surface area contributed by atoms with Crippen LogP contribution in [0.15, 0.2) is 16.9 Å². The van der Waals surface area contributed by atoms with E-state index in [-0.39, 0.29) is 23.7 Å². The zero-order valence-corrected chi connectivity index (χ0v) is 10.4. The maximum absolute atomic E-state index is 11.7. The molecular formula is C11H14N6O2. The predicted molar refractivity (Wildman–Crippen MR) is 64.0 cm³/mol. The summed E-state index contributed by atoms with van der Waals surface area (Å²) in [5.41, 5.74) is 6.73. The number of carbonyl (C=O) groups is 1. The van der Waals surface area contributed by atoms with E-state index in [4.69, 9.17) is 10.3 Å². The number of aryl methyl sites for hydroxylation is 1. The van der Waals surface area contributed by atoms with Crippen molar-refractivity contribution in [2.24, 2.45) is 12.8 Å². The van der Waals surface area contributed by atoms with Gasteiger partial charge in [0.05, 0.1) is 6.20 Å². The number of hydrogen-bond acceptors (Lipinski definition) is 6. The summed E-state index contributed by atoms with van der Waals surface area (Å²) in [7, 11) is 1.79. The second kappa shape index (κ2) is 4.47. The highest BCUT2D eigenvalue weighted by molar-refractivity contribution is 5.90.